The number of aliphatic imine (C=N–C) groups is 1. The van der Waals surface area contributed by atoms with Gasteiger partial charge in [0, 0.05) is 175 Å². The number of hydrogen-bond acceptors (Lipinski definition) is 13. The molecule has 3 saturated heterocycles. The Morgan fingerprint density at radius 1 is 0.809 bits per heavy atom. The van der Waals surface area contributed by atoms with Crippen LogP contribution in [0.4, 0.5) is 26.3 Å². The van der Waals surface area contributed by atoms with Gasteiger partial charge in [0.25, 0.3) is 0 Å². The number of hydrogen-bond donors (Lipinski definition) is 6. The largest absolute Gasteiger partial charge is 0.417 e. The molecule has 1 amide bonds. The van der Waals surface area contributed by atoms with E-state index in [1.54, 1.807) is 12.4 Å². The summed E-state index contributed by atoms with van der Waals surface area (Å²) in [6, 6.07) is 10.3. The monoisotopic (exact) mass is 1340 g/mol. The van der Waals surface area contributed by atoms with Crippen LogP contribution in [0.2, 0.25) is 5.02 Å². The van der Waals surface area contributed by atoms with Crippen LogP contribution in [-0.4, -0.2) is 177 Å². The topological polar surface area (TPSA) is 127 Å². The number of amides is 1. The van der Waals surface area contributed by atoms with Crippen LogP contribution in [0.5, 0.6) is 0 Å². The van der Waals surface area contributed by atoms with Crippen molar-refractivity contribution in [3.05, 3.63) is 118 Å². The highest BCUT2D eigenvalue weighted by Crippen LogP contribution is 2.42. The molecule has 0 aromatic heterocycles. The molecule has 1 saturated carbocycles. The summed E-state index contributed by atoms with van der Waals surface area (Å²) in [6.45, 7) is 30.7. The standard InChI is InChI=1S/C73H115ClF6N12O2/c1-13-51(6)66-45-85-65(41-50(4)5)64(15-3)86-46-67-68(70(93)90-37-39-94-40-38-90)55(10)92(67)69(52(7)14-2)54(9)87-71(29-16-17-30-71)49-82-33-32-81-31-28-59(26-22-57-23-27-62(63(74)43-57)73(78,79)80)83-34-36-88(11)47-61(42-56-20-24-58(25-21-56)72(75,76)77)89(12)48-60-19-18-35-91(60)53(8)44-84-66/h20-21,23-25,27-28,31,34,36,43,47-48,50-55,64-69,82-87H,13-19,22,26,29-30,32-33,35,37-42,44-46,49H2,1-12H3/t51-,52-,53-,54?,55?,64?,65-,66+,67?,68-,69-/m0/s1. The van der Waals surface area contributed by atoms with Crippen molar-refractivity contribution in [1.29, 1.82) is 0 Å². The molecular formula is C73H115ClF6N12O2. The Labute approximate surface area is 565 Å². The highest BCUT2D eigenvalue weighted by atomic mass is 35.5. The second kappa shape index (κ2) is 36.2. The molecule has 0 bridgehead atoms. The molecule has 94 heavy (non-hydrogen) atoms. The van der Waals surface area contributed by atoms with Gasteiger partial charge in [0.15, 0.2) is 0 Å². The van der Waals surface area contributed by atoms with Crippen LogP contribution in [0.25, 0.3) is 0 Å². The number of nitrogens with one attached hydrogen (secondary N) is 6. The third-order valence-electron chi connectivity index (χ3n) is 20.8. The Morgan fingerprint density at radius 3 is 2.15 bits per heavy atom. The van der Waals surface area contributed by atoms with Gasteiger partial charge < -0.3 is 56.2 Å². The Hall–Kier alpha value is -4.67. The minimum absolute atomic E-state index is 0.00751. The third kappa shape index (κ3) is 21.7. The van der Waals surface area contributed by atoms with Gasteiger partial charge in [0.05, 0.1) is 41.8 Å². The molecule has 4 heterocycles. The first-order valence-corrected chi connectivity index (χ1v) is 35.7. The smallest absolute Gasteiger partial charge is 0.378 e. The minimum Gasteiger partial charge on any atom is -0.378 e. The average molecular weight is 1340 g/mol. The number of carbonyl (C=O) groups excluding carboxylic acids is 1. The second-order valence-electron chi connectivity index (χ2n) is 28.2. The van der Waals surface area contributed by atoms with Gasteiger partial charge in [-0.15, -0.1) is 0 Å². The van der Waals surface area contributed by atoms with Gasteiger partial charge in [0.1, 0.15) is 0 Å². The van der Waals surface area contributed by atoms with Crippen LogP contribution in [0.3, 0.4) is 0 Å². The van der Waals surface area contributed by atoms with Crippen LogP contribution in [-0.2, 0) is 34.7 Å². The first kappa shape index (κ1) is 76.7. The molecule has 0 radical (unpaired) electrons. The molecule has 7 rings (SSSR count). The molecule has 1 spiro atoms. The van der Waals surface area contributed by atoms with E-state index in [0.717, 1.165) is 126 Å². The van der Waals surface area contributed by atoms with E-state index in [0.29, 0.717) is 88.5 Å². The van der Waals surface area contributed by atoms with E-state index >= 15 is 0 Å². The van der Waals surface area contributed by atoms with Gasteiger partial charge in [-0.1, -0.05) is 104 Å². The van der Waals surface area contributed by atoms with Crippen LogP contribution >= 0.6 is 11.6 Å². The summed E-state index contributed by atoms with van der Waals surface area (Å²) in [4.78, 5) is 30.9. The number of allylic oxidation sites excluding steroid dienone is 4. The number of halogens is 7. The lowest BCUT2D eigenvalue weighted by Crippen LogP contribution is -2.76. The van der Waals surface area contributed by atoms with Crippen LogP contribution < -0.4 is 31.9 Å². The van der Waals surface area contributed by atoms with Crippen LogP contribution in [0.15, 0.2) is 95.4 Å². The Bertz CT molecular complexity index is 2800. The fourth-order valence-corrected chi connectivity index (χ4v) is 15.4. The number of rotatable bonds is 13. The fourth-order valence-electron chi connectivity index (χ4n) is 15.1. The first-order valence-electron chi connectivity index (χ1n) is 35.3. The van der Waals surface area contributed by atoms with E-state index in [-0.39, 0.29) is 70.7 Å². The molecule has 4 aliphatic heterocycles. The fraction of sp³-hybridized carbons (Fsp3) is 0.699. The lowest BCUT2D eigenvalue weighted by Gasteiger charge is -2.60. The molecule has 4 fully saturated rings. The molecular weight excluding hydrogens is 1230 g/mol. The van der Waals surface area contributed by atoms with Gasteiger partial charge in [-0.3, -0.25) is 14.7 Å². The van der Waals surface area contributed by atoms with E-state index in [2.05, 4.69) is 127 Å². The summed E-state index contributed by atoms with van der Waals surface area (Å²) in [5.74, 6) is 1.32. The number of benzene rings is 2. The summed E-state index contributed by atoms with van der Waals surface area (Å²) in [7, 11) is 3.89. The van der Waals surface area contributed by atoms with Gasteiger partial charge in [0.2, 0.25) is 5.91 Å². The lowest BCUT2D eigenvalue weighted by molar-refractivity contribution is -0.165. The number of nitrogens with zero attached hydrogens (tertiary/aromatic N) is 6. The number of alkyl halides is 6. The first-order chi connectivity index (χ1) is 44.8. The number of morpholine rings is 1. The number of carbonyl (C=O) groups is 1. The zero-order valence-corrected chi connectivity index (χ0v) is 59.3. The molecule has 5 aliphatic rings. The highest BCUT2D eigenvalue weighted by molar-refractivity contribution is 6.31. The number of fused-ring (bicyclic) bond motifs is 2. The van der Waals surface area contributed by atoms with Crippen LogP contribution in [0, 0.1) is 23.7 Å². The molecule has 4 unspecified atom stereocenters. The second-order valence-corrected chi connectivity index (χ2v) is 28.6. The van der Waals surface area contributed by atoms with E-state index in [4.69, 9.17) is 21.3 Å². The maximum absolute atomic E-state index is 14.9. The number of aryl methyl sites for hydroxylation is 1. The summed E-state index contributed by atoms with van der Waals surface area (Å²) in [5.41, 5.74) is 2.50. The van der Waals surface area contributed by atoms with E-state index < -0.39 is 23.5 Å². The van der Waals surface area contributed by atoms with Crippen molar-refractivity contribution in [1.82, 2.24) is 56.4 Å². The van der Waals surface area contributed by atoms with Crippen molar-refractivity contribution in [3.8, 4) is 0 Å². The maximum atomic E-state index is 14.9. The quantitative estimate of drug-likeness (QED) is 0.107. The van der Waals surface area contributed by atoms with E-state index in [1.807, 2.05) is 37.5 Å². The third-order valence-corrected chi connectivity index (χ3v) is 21.1. The van der Waals surface area contributed by atoms with E-state index in [9.17, 15) is 31.1 Å². The lowest BCUT2D eigenvalue weighted by atomic mass is 9.74. The van der Waals surface area contributed by atoms with Crippen molar-refractivity contribution >= 4 is 23.7 Å². The van der Waals surface area contributed by atoms with Gasteiger partial charge in [-0.2, -0.15) is 26.3 Å². The van der Waals surface area contributed by atoms with Crippen molar-refractivity contribution in [3.63, 3.8) is 0 Å². The predicted molar refractivity (Wildman–Crippen MR) is 371 cm³/mol. The Balaban J connectivity index is 1.22. The molecule has 528 valence electrons. The molecule has 11 atom stereocenters. The van der Waals surface area contributed by atoms with Crippen molar-refractivity contribution < 1.29 is 35.9 Å². The number of ether oxygens (including phenoxy) is 1. The summed E-state index contributed by atoms with van der Waals surface area (Å²) < 4.78 is 88.1. The molecule has 2 aromatic rings. The predicted octanol–water partition coefficient (Wildman–Crippen LogP) is 12.8. The zero-order valence-electron chi connectivity index (χ0n) is 58.5. The zero-order chi connectivity index (χ0) is 68.3. The van der Waals surface area contributed by atoms with E-state index in [1.165, 1.54) is 30.0 Å². The molecule has 6 N–H and O–H groups in total. The molecule has 2 aromatic carbocycles. The average Bonchev–Trinajstić information content (AvgIpc) is 0.913. The Morgan fingerprint density at radius 2 is 1.50 bits per heavy atom. The summed E-state index contributed by atoms with van der Waals surface area (Å²) >= 11 is 6.18. The van der Waals surface area contributed by atoms with Crippen molar-refractivity contribution in [2.45, 2.75) is 219 Å². The number of likely N-dealkylation sites (N-methyl/N-ethyl adjacent to an activating group) is 1. The highest BCUT2D eigenvalue weighted by Gasteiger charge is 2.55. The molecule has 21 heteroatoms. The van der Waals surface area contributed by atoms with Gasteiger partial charge in [-0.25, -0.2) is 0 Å². The maximum Gasteiger partial charge on any atom is 0.417 e. The Kier molecular flexibility index (Phi) is 29.6. The summed E-state index contributed by atoms with van der Waals surface area (Å²) in [5, 5.41) is 23.5. The van der Waals surface area contributed by atoms with Gasteiger partial charge in [-0.05, 0) is 131 Å². The molecule has 14 nitrogen and oxygen atoms in total. The molecule has 1 aliphatic carbocycles. The van der Waals surface area contributed by atoms with Crippen molar-refractivity contribution in [2.24, 2.45) is 28.7 Å². The SMILES string of the molecule is CCC1NCC2[C@@H](C(=O)N3CCOCC3)C(C)N2[C@@H]([C@@H](C)CC)C(C)NC2(CCCC2)CNCCN=CC=C(CCc2ccc(C(F)(F)F)c(Cl)c2)NC=CN(C)C=C(Cc2ccc(C(F)(F)F)cc2)N(C)C=C2CCCN2[C@@H](C)CN[C@@H]([C@@H](C)CC)CN[C@H]1CC(C)C. The van der Waals surface area contributed by atoms with Gasteiger partial charge >= 0.3 is 12.4 Å². The van der Waals surface area contributed by atoms with Crippen LogP contribution in [0.1, 0.15) is 162 Å². The van der Waals surface area contributed by atoms with Crippen molar-refractivity contribution in [2.75, 3.05) is 86.2 Å². The minimum atomic E-state index is -4.57. The summed E-state index contributed by atoms with van der Waals surface area (Å²) in [6.07, 6.45) is 13.9. The normalized spacial score (nSPS) is 27.6.